The van der Waals surface area contributed by atoms with Crippen molar-refractivity contribution in [1.82, 2.24) is 20.2 Å². The molecule has 0 spiro atoms. The van der Waals surface area contributed by atoms with Crippen LogP contribution in [0.4, 0.5) is 11.8 Å². The van der Waals surface area contributed by atoms with E-state index in [1.165, 1.54) is 0 Å². The smallest absolute Gasteiger partial charge is 0.256 e. The first-order chi connectivity index (χ1) is 17.1. The van der Waals surface area contributed by atoms with Gasteiger partial charge in [-0.2, -0.15) is 4.98 Å². The SMILES string of the molecule is COc1ccc(CNc2nc(N3CCCC3CO)ncc2C(=O)NCCN2CCOCC2)cc1Cl. The average molecular weight is 505 g/mol. The number of ether oxygens (including phenoxy) is 2. The van der Waals surface area contributed by atoms with Crippen molar-refractivity contribution in [1.29, 1.82) is 0 Å². The molecule has 2 aliphatic heterocycles. The third-order valence-electron chi connectivity index (χ3n) is 6.36. The molecule has 0 radical (unpaired) electrons. The van der Waals surface area contributed by atoms with Gasteiger partial charge in [-0.05, 0) is 30.5 Å². The molecule has 1 atom stereocenters. The first-order valence-corrected chi connectivity index (χ1v) is 12.4. The zero-order valence-corrected chi connectivity index (χ0v) is 20.8. The molecule has 0 aliphatic carbocycles. The number of aromatic nitrogens is 2. The molecule has 2 aliphatic rings. The van der Waals surface area contributed by atoms with Gasteiger partial charge in [0.1, 0.15) is 17.1 Å². The zero-order chi connectivity index (χ0) is 24.6. The van der Waals surface area contributed by atoms with Gasteiger partial charge in [0.05, 0.1) is 38.0 Å². The Hall–Kier alpha value is -2.66. The maximum Gasteiger partial charge on any atom is 0.256 e. The number of anilines is 2. The second-order valence-corrected chi connectivity index (χ2v) is 9.04. The Labute approximate surface area is 210 Å². The van der Waals surface area contributed by atoms with Crippen LogP contribution in [0.3, 0.4) is 0 Å². The number of hydrogen-bond donors (Lipinski definition) is 3. The van der Waals surface area contributed by atoms with Crippen molar-refractivity contribution in [2.24, 2.45) is 0 Å². The van der Waals surface area contributed by atoms with Crippen LogP contribution in [-0.4, -0.2) is 91.6 Å². The van der Waals surface area contributed by atoms with E-state index < -0.39 is 0 Å². The lowest BCUT2D eigenvalue weighted by atomic mass is 10.2. The van der Waals surface area contributed by atoms with Gasteiger partial charge in [0.25, 0.3) is 5.91 Å². The van der Waals surface area contributed by atoms with E-state index >= 15 is 0 Å². The molecule has 2 fully saturated rings. The van der Waals surface area contributed by atoms with E-state index in [4.69, 9.17) is 26.1 Å². The van der Waals surface area contributed by atoms with E-state index in [1.807, 2.05) is 17.0 Å². The maximum absolute atomic E-state index is 13.0. The summed E-state index contributed by atoms with van der Waals surface area (Å²) in [5, 5.41) is 16.5. The van der Waals surface area contributed by atoms with Crippen LogP contribution in [0.2, 0.25) is 5.02 Å². The Morgan fingerprint density at radius 1 is 1.31 bits per heavy atom. The highest BCUT2D eigenvalue weighted by Gasteiger charge is 2.27. The standard InChI is InChI=1S/C24H33ClN6O4/c1-34-21-5-4-17(13-20(21)25)14-27-22-19(23(33)26-6-8-30-9-11-35-12-10-30)15-28-24(29-22)31-7-2-3-18(31)16-32/h4-5,13,15,18,32H,2-3,6-12,14,16H2,1H3,(H,26,33)(H,27,28,29). The van der Waals surface area contributed by atoms with Crippen molar-refractivity contribution in [3.8, 4) is 5.75 Å². The average Bonchev–Trinajstić information content (AvgIpc) is 3.37. The van der Waals surface area contributed by atoms with E-state index in [2.05, 4.69) is 20.5 Å². The minimum absolute atomic E-state index is 0.0172. The Balaban J connectivity index is 1.49. The monoisotopic (exact) mass is 504 g/mol. The summed E-state index contributed by atoms with van der Waals surface area (Å²) in [6, 6.07) is 5.51. The summed E-state index contributed by atoms with van der Waals surface area (Å²) in [6.07, 6.45) is 3.41. The molecule has 0 saturated carbocycles. The molecule has 4 rings (SSSR count). The van der Waals surface area contributed by atoms with Crippen LogP contribution in [-0.2, 0) is 11.3 Å². The van der Waals surface area contributed by atoms with Crippen molar-refractivity contribution in [3.63, 3.8) is 0 Å². The summed E-state index contributed by atoms with van der Waals surface area (Å²) in [6.45, 7) is 5.68. The van der Waals surface area contributed by atoms with E-state index in [-0.39, 0.29) is 18.6 Å². The van der Waals surface area contributed by atoms with Crippen molar-refractivity contribution in [2.75, 3.05) is 69.9 Å². The fraction of sp³-hybridized carbons (Fsp3) is 0.542. The summed E-state index contributed by atoms with van der Waals surface area (Å²) < 4.78 is 10.6. The lowest BCUT2D eigenvalue weighted by Crippen LogP contribution is -2.41. The van der Waals surface area contributed by atoms with Gasteiger partial charge in [-0.25, -0.2) is 4.98 Å². The molecule has 1 aromatic heterocycles. The van der Waals surface area contributed by atoms with Gasteiger partial charge in [0, 0.05) is 45.5 Å². The first-order valence-electron chi connectivity index (χ1n) is 12.0. The van der Waals surface area contributed by atoms with Gasteiger partial charge >= 0.3 is 0 Å². The fourth-order valence-electron chi connectivity index (χ4n) is 4.35. The van der Waals surface area contributed by atoms with Gasteiger partial charge in [-0.15, -0.1) is 0 Å². The second kappa shape index (κ2) is 12.3. The first kappa shape index (κ1) is 25.4. The third-order valence-corrected chi connectivity index (χ3v) is 6.65. The zero-order valence-electron chi connectivity index (χ0n) is 20.0. The maximum atomic E-state index is 13.0. The number of amides is 1. The fourth-order valence-corrected chi connectivity index (χ4v) is 4.63. The number of benzene rings is 1. The lowest BCUT2D eigenvalue weighted by molar-refractivity contribution is 0.0383. The van der Waals surface area contributed by atoms with Crippen LogP contribution in [0, 0.1) is 0 Å². The summed E-state index contributed by atoms with van der Waals surface area (Å²) in [5.74, 6) is 1.31. The highest BCUT2D eigenvalue weighted by atomic mass is 35.5. The van der Waals surface area contributed by atoms with E-state index in [0.717, 1.165) is 57.8 Å². The number of carbonyl (C=O) groups excluding carboxylic acids is 1. The van der Waals surface area contributed by atoms with Crippen LogP contribution in [0.25, 0.3) is 0 Å². The number of nitrogens with one attached hydrogen (secondary N) is 2. The molecule has 1 aromatic carbocycles. The van der Waals surface area contributed by atoms with Crippen LogP contribution in [0.15, 0.2) is 24.4 Å². The number of rotatable bonds is 10. The Morgan fingerprint density at radius 2 is 2.14 bits per heavy atom. The largest absolute Gasteiger partial charge is 0.495 e. The molecule has 2 saturated heterocycles. The molecule has 3 heterocycles. The molecule has 35 heavy (non-hydrogen) atoms. The number of morpholine rings is 1. The molecular weight excluding hydrogens is 472 g/mol. The quantitative estimate of drug-likeness (QED) is 0.445. The number of nitrogens with zero attached hydrogens (tertiary/aromatic N) is 4. The minimum Gasteiger partial charge on any atom is -0.495 e. The molecule has 1 amide bonds. The summed E-state index contributed by atoms with van der Waals surface area (Å²) >= 11 is 6.27. The van der Waals surface area contributed by atoms with Crippen LogP contribution >= 0.6 is 11.6 Å². The van der Waals surface area contributed by atoms with Crippen LogP contribution in [0.5, 0.6) is 5.75 Å². The lowest BCUT2D eigenvalue weighted by Gasteiger charge is -2.26. The molecule has 10 nitrogen and oxygen atoms in total. The van der Waals surface area contributed by atoms with Crippen LogP contribution < -0.4 is 20.3 Å². The van der Waals surface area contributed by atoms with Gasteiger partial charge in [0.15, 0.2) is 0 Å². The topological polar surface area (TPSA) is 112 Å². The molecule has 3 N–H and O–H groups in total. The Morgan fingerprint density at radius 3 is 2.89 bits per heavy atom. The molecule has 0 bridgehead atoms. The third kappa shape index (κ3) is 6.52. The highest BCUT2D eigenvalue weighted by molar-refractivity contribution is 6.32. The minimum atomic E-state index is -0.236. The summed E-state index contributed by atoms with van der Waals surface area (Å²) in [5.41, 5.74) is 1.29. The number of halogens is 1. The molecule has 190 valence electrons. The van der Waals surface area contributed by atoms with Gasteiger partial charge < -0.3 is 30.1 Å². The Bertz CT molecular complexity index is 1000. The van der Waals surface area contributed by atoms with Crippen molar-refractivity contribution in [2.45, 2.75) is 25.4 Å². The van der Waals surface area contributed by atoms with Crippen molar-refractivity contribution < 1.29 is 19.4 Å². The predicted octanol–water partition coefficient (Wildman–Crippen LogP) is 1.77. The van der Waals surface area contributed by atoms with E-state index in [1.54, 1.807) is 19.4 Å². The van der Waals surface area contributed by atoms with Gasteiger partial charge in [0.2, 0.25) is 5.95 Å². The normalized spacial score (nSPS) is 18.5. The molecule has 11 heteroatoms. The van der Waals surface area contributed by atoms with E-state index in [0.29, 0.717) is 41.2 Å². The Kier molecular flexibility index (Phi) is 8.97. The number of aliphatic hydroxyl groups is 1. The van der Waals surface area contributed by atoms with Crippen LogP contribution in [0.1, 0.15) is 28.8 Å². The molecule has 2 aromatic rings. The highest BCUT2D eigenvalue weighted by Crippen LogP contribution is 2.27. The number of aliphatic hydroxyl groups excluding tert-OH is 1. The van der Waals surface area contributed by atoms with Gasteiger partial charge in [-0.3, -0.25) is 9.69 Å². The predicted molar refractivity (Wildman–Crippen MR) is 134 cm³/mol. The second-order valence-electron chi connectivity index (χ2n) is 8.64. The number of methoxy groups -OCH3 is 1. The van der Waals surface area contributed by atoms with Crippen molar-refractivity contribution >= 4 is 29.3 Å². The molecular formula is C24H33ClN6O4. The summed E-state index contributed by atoms with van der Waals surface area (Å²) in [4.78, 5) is 26.5. The van der Waals surface area contributed by atoms with Crippen molar-refractivity contribution in [3.05, 3.63) is 40.5 Å². The number of carbonyl (C=O) groups is 1. The molecule has 1 unspecified atom stereocenters. The summed E-state index contributed by atoms with van der Waals surface area (Å²) in [7, 11) is 1.57. The van der Waals surface area contributed by atoms with Gasteiger partial charge in [-0.1, -0.05) is 17.7 Å². The number of hydrogen-bond acceptors (Lipinski definition) is 9. The van der Waals surface area contributed by atoms with E-state index in [9.17, 15) is 9.90 Å².